The van der Waals surface area contributed by atoms with Crippen LogP contribution in [0.3, 0.4) is 0 Å². The number of phenolic OH excluding ortho intramolecular Hbond substituents is 2. The summed E-state index contributed by atoms with van der Waals surface area (Å²) in [7, 11) is 0. The van der Waals surface area contributed by atoms with Crippen molar-refractivity contribution < 1.29 is 19.7 Å². The highest BCUT2D eigenvalue weighted by Crippen LogP contribution is 2.43. The Morgan fingerprint density at radius 3 is 1.51 bits per heavy atom. The smallest absolute Gasteiger partial charge is 0.313 e. The maximum atomic E-state index is 13.2. The molecule has 0 saturated heterocycles. The van der Waals surface area contributed by atoms with Crippen molar-refractivity contribution in [3.8, 4) is 22.6 Å². The molecule has 0 amide bonds. The molecule has 0 saturated carbocycles. The van der Waals surface area contributed by atoms with Crippen molar-refractivity contribution in [2.75, 3.05) is 6.61 Å². The van der Waals surface area contributed by atoms with E-state index in [1.54, 1.807) is 12.1 Å². The summed E-state index contributed by atoms with van der Waals surface area (Å²) >= 11 is 0. The van der Waals surface area contributed by atoms with E-state index in [0.29, 0.717) is 12.4 Å². The first kappa shape index (κ1) is 38.7. The monoisotopic (exact) mass is 622 g/mol. The Bertz CT molecular complexity index is 1120. The Morgan fingerprint density at radius 2 is 1.09 bits per heavy atom. The minimum absolute atomic E-state index is 0.144. The molecule has 2 rings (SSSR count). The van der Waals surface area contributed by atoms with Gasteiger partial charge in [-0.2, -0.15) is 0 Å². The first-order valence-corrected chi connectivity index (χ1v) is 18.1. The minimum Gasteiger partial charge on any atom is -0.508 e. The SMILES string of the molecule is CCCCCCCCCCCCCCCCCCOC(=O)C(C)c1ccc(O)cc1-c1cc(C(C)(C)C)c(O)c(C(C)(C)C)c1. The topological polar surface area (TPSA) is 66.8 Å². The van der Waals surface area contributed by atoms with Crippen molar-refractivity contribution in [3.63, 3.8) is 0 Å². The van der Waals surface area contributed by atoms with Gasteiger partial charge < -0.3 is 14.9 Å². The van der Waals surface area contributed by atoms with Gasteiger partial charge in [-0.05, 0) is 65.1 Å². The molecule has 0 fully saturated rings. The third-order valence-corrected chi connectivity index (χ3v) is 9.14. The predicted molar refractivity (Wildman–Crippen MR) is 192 cm³/mol. The zero-order chi connectivity index (χ0) is 33.5. The molecule has 0 aromatic heterocycles. The van der Waals surface area contributed by atoms with Crippen LogP contribution >= 0.6 is 0 Å². The Balaban J connectivity index is 1.83. The molecule has 2 aromatic rings. The van der Waals surface area contributed by atoms with Gasteiger partial charge in [0.05, 0.1) is 12.5 Å². The van der Waals surface area contributed by atoms with Gasteiger partial charge in [0.2, 0.25) is 0 Å². The summed E-state index contributed by atoms with van der Waals surface area (Å²) in [5.41, 5.74) is 3.61. The van der Waals surface area contributed by atoms with Crippen LogP contribution in [0.4, 0.5) is 0 Å². The first-order valence-electron chi connectivity index (χ1n) is 18.1. The molecule has 0 heterocycles. The van der Waals surface area contributed by atoms with Crippen LogP contribution < -0.4 is 0 Å². The van der Waals surface area contributed by atoms with Crippen molar-refractivity contribution in [1.82, 2.24) is 0 Å². The molecule has 0 aliphatic heterocycles. The van der Waals surface area contributed by atoms with E-state index >= 15 is 0 Å². The van der Waals surface area contributed by atoms with Crippen LogP contribution in [0, 0.1) is 0 Å². The van der Waals surface area contributed by atoms with E-state index in [1.165, 1.54) is 89.9 Å². The Hall–Kier alpha value is -2.49. The van der Waals surface area contributed by atoms with Crippen LogP contribution in [0.5, 0.6) is 11.5 Å². The molecular formula is C41H66O4. The van der Waals surface area contributed by atoms with Gasteiger partial charge in [0.1, 0.15) is 11.5 Å². The summed E-state index contributed by atoms with van der Waals surface area (Å²) in [5.74, 6) is -0.266. The molecule has 254 valence electrons. The number of esters is 1. The van der Waals surface area contributed by atoms with Gasteiger partial charge in [0, 0.05) is 11.1 Å². The lowest BCUT2D eigenvalue weighted by molar-refractivity contribution is -0.145. The van der Waals surface area contributed by atoms with Crippen molar-refractivity contribution in [3.05, 3.63) is 47.0 Å². The maximum Gasteiger partial charge on any atom is 0.313 e. The quantitative estimate of drug-likeness (QED) is 0.114. The molecular weight excluding hydrogens is 556 g/mol. The van der Waals surface area contributed by atoms with Gasteiger partial charge in [-0.3, -0.25) is 4.79 Å². The number of rotatable bonds is 20. The molecule has 0 spiro atoms. The summed E-state index contributed by atoms with van der Waals surface area (Å²) in [6.45, 7) is 17.1. The molecule has 4 heteroatoms. The average molecular weight is 623 g/mol. The molecule has 45 heavy (non-hydrogen) atoms. The summed E-state index contributed by atoms with van der Waals surface area (Å²) in [6.07, 6.45) is 21.0. The molecule has 2 aromatic carbocycles. The Labute approximate surface area is 276 Å². The van der Waals surface area contributed by atoms with Crippen LogP contribution in [0.15, 0.2) is 30.3 Å². The molecule has 2 N–H and O–H groups in total. The lowest BCUT2D eigenvalue weighted by atomic mass is 9.77. The molecule has 4 nitrogen and oxygen atoms in total. The number of carbonyl (C=O) groups excluding carboxylic acids is 1. The number of ether oxygens (including phenoxy) is 1. The van der Waals surface area contributed by atoms with Crippen molar-refractivity contribution in [2.24, 2.45) is 0 Å². The van der Waals surface area contributed by atoms with E-state index in [1.807, 2.05) is 25.1 Å². The highest BCUT2D eigenvalue weighted by Gasteiger charge is 2.28. The summed E-state index contributed by atoms with van der Waals surface area (Å²) in [5, 5.41) is 21.6. The Morgan fingerprint density at radius 1 is 0.667 bits per heavy atom. The Kier molecular flexibility index (Phi) is 16.5. The maximum absolute atomic E-state index is 13.2. The summed E-state index contributed by atoms with van der Waals surface area (Å²) < 4.78 is 5.73. The van der Waals surface area contributed by atoms with Gasteiger partial charge in [-0.25, -0.2) is 0 Å². The van der Waals surface area contributed by atoms with Crippen molar-refractivity contribution >= 4 is 5.97 Å². The van der Waals surface area contributed by atoms with E-state index in [0.717, 1.165) is 40.7 Å². The number of aromatic hydroxyl groups is 2. The van der Waals surface area contributed by atoms with Gasteiger partial charge in [0.25, 0.3) is 0 Å². The van der Waals surface area contributed by atoms with Gasteiger partial charge in [-0.15, -0.1) is 0 Å². The number of benzene rings is 2. The van der Waals surface area contributed by atoms with Crippen LogP contribution in [0.25, 0.3) is 11.1 Å². The molecule has 1 atom stereocenters. The fraction of sp³-hybridized carbons (Fsp3) is 0.683. The fourth-order valence-electron chi connectivity index (χ4n) is 6.18. The number of phenols is 2. The predicted octanol–water partition coefficient (Wildman–Crippen LogP) is 12.3. The molecule has 1 unspecified atom stereocenters. The van der Waals surface area contributed by atoms with E-state index in [9.17, 15) is 15.0 Å². The number of unbranched alkanes of at least 4 members (excludes halogenated alkanes) is 15. The number of hydrogen-bond acceptors (Lipinski definition) is 4. The van der Waals surface area contributed by atoms with Crippen LogP contribution in [-0.4, -0.2) is 22.8 Å². The van der Waals surface area contributed by atoms with E-state index < -0.39 is 5.92 Å². The van der Waals surface area contributed by atoms with E-state index in [-0.39, 0.29) is 22.5 Å². The third kappa shape index (κ3) is 13.4. The highest BCUT2D eigenvalue weighted by molar-refractivity contribution is 5.83. The zero-order valence-electron chi connectivity index (χ0n) is 30.2. The fourth-order valence-corrected chi connectivity index (χ4v) is 6.18. The van der Waals surface area contributed by atoms with Crippen LogP contribution in [-0.2, 0) is 20.4 Å². The van der Waals surface area contributed by atoms with Crippen molar-refractivity contribution in [1.29, 1.82) is 0 Å². The number of hydrogen-bond donors (Lipinski definition) is 2. The normalized spacial score (nSPS) is 12.8. The van der Waals surface area contributed by atoms with E-state index in [2.05, 4.69) is 48.5 Å². The standard InChI is InChI=1S/C41H66O4/c1-9-10-11-12-13-14-15-16-17-18-19-20-21-22-23-24-27-45-39(44)31(2)34-26-25-33(42)30-35(34)32-28-36(40(3,4)5)38(43)37(29-32)41(6,7)8/h25-26,28-31,42-43H,9-24,27H2,1-8H3. The second-order valence-corrected chi connectivity index (χ2v) is 15.4. The van der Waals surface area contributed by atoms with Crippen molar-refractivity contribution in [2.45, 2.75) is 175 Å². The lowest BCUT2D eigenvalue weighted by Gasteiger charge is -2.29. The van der Waals surface area contributed by atoms with Crippen LogP contribution in [0.1, 0.15) is 181 Å². The lowest BCUT2D eigenvalue weighted by Crippen LogP contribution is -2.18. The molecule has 0 aliphatic rings. The summed E-state index contributed by atoms with van der Waals surface area (Å²) in [4.78, 5) is 13.2. The second kappa shape index (κ2) is 19.2. The third-order valence-electron chi connectivity index (χ3n) is 9.14. The zero-order valence-corrected chi connectivity index (χ0v) is 30.2. The largest absolute Gasteiger partial charge is 0.508 e. The van der Waals surface area contributed by atoms with E-state index in [4.69, 9.17) is 4.74 Å². The first-order chi connectivity index (χ1) is 21.3. The van der Waals surface area contributed by atoms with Gasteiger partial charge >= 0.3 is 5.97 Å². The minimum atomic E-state index is -0.480. The molecule has 0 aliphatic carbocycles. The van der Waals surface area contributed by atoms with Gasteiger partial charge in [-0.1, -0.05) is 151 Å². The molecule has 0 bridgehead atoms. The molecule has 0 radical (unpaired) electrons. The second-order valence-electron chi connectivity index (χ2n) is 15.4. The summed E-state index contributed by atoms with van der Waals surface area (Å²) in [6, 6.07) is 9.17. The van der Waals surface area contributed by atoms with Gasteiger partial charge in [0.15, 0.2) is 0 Å². The number of carbonyl (C=O) groups is 1. The highest BCUT2D eigenvalue weighted by atomic mass is 16.5. The van der Waals surface area contributed by atoms with Crippen LogP contribution in [0.2, 0.25) is 0 Å². The average Bonchev–Trinajstić information content (AvgIpc) is 2.97.